The summed E-state index contributed by atoms with van der Waals surface area (Å²) in [5, 5.41) is 8.81. The summed E-state index contributed by atoms with van der Waals surface area (Å²) in [5.74, 6) is -1.76. The van der Waals surface area contributed by atoms with Crippen molar-refractivity contribution in [2.75, 3.05) is 0 Å². The predicted molar refractivity (Wildman–Crippen MR) is 48.3 cm³/mol. The lowest BCUT2D eigenvalue weighted by atomic mass is 9.66. The van der Waals surface area contributed by atoms with Crippen molar-refractivity contribution in [2.45, 2.75) is 39.3 Å². The quantitative estimate of drug-likeness (QED) is 0.743. The Balaban J connectivity index is 3.00. The van der Waals surface area contributed by atoms with E-state index >= 15 is 0 Å². The summed E-state index contributed by atoms with van der Waals surface area (Å²) < 4.78 is 38.3. The van der Waals surface area contributed by atoms with Crippen LogP contribution in [0, 0.1) is 17.3 Å². The van der Waals surface area contributed by atoms with Gasteiger partial charge in [0.25, 0.3) is 0 Å². The van der Waals surface area contributed by atoms with Crippen LogP contribution in [0.1, 0.15) is 33.1 Å². The third-order valence-electron chi connectivity index (χ3n) is 3.62. The maximum absolute atomic E-state index is 12.8. The Kier molecular flexibility index (Phi) is 3.03. The Bertz CT molecular complexity index is 262. The zero-order valence-corrected chi connectivity index (χ0v) is 8.77. The molecule has 5 heteroatoms. The smallest absolute Gasteiger partial charge is 0.404 e. The Hall–Kier alpha value is -0.740. The Morgan fingerprint density at radius 1 is 1.33 bits per heavy atom. The second kappa shape index (κ2) is 3.68. The van der Waals surface area contributed by atoms with Gasteiger partial charge in [0, 0.05) is 0 Å². The molecule has 1 aliphatic carbocycles. The van der Waals surface area contributed by atoms with Crippen molar-refractivity contribution in [3.63, 3.8) is 0 Å². The molecular weight excluding hydrogens is 209 g/mol. The van der Waals surface area contributed by atoms with Crippen molar-refractivity contribution < 1.29 is 23.1 Å². The highest BCUT2D eigenvalue weighted by Crippen LogP contribution is 2.52. The predicted octanol–water partition coefficient (Wildman–Crippen LogP) is 3.08. The zero-order chi connectivity index (χ0) is 11.9. The molecule has 0 heterocycles. The number of carbonyl (C=O) groups is 1. The highest BCUT2D eigenvalue weighted by Gasteiger charge is 2.62. The number of alkyl halides is 3. The first-order chi connectivity index (χ1) is 6.71. The first-order valence-electron chi connectivity index (χ1n) is 5.01. The van der Waals surface area contributed by atoms with Gasteiger partial charge in [0.2, 0.25) is 0 Å². The van der Waals surface area contributed by atoms with E-state index in [1.165, 1.54) is 0 Å². The van der Waals surface area contributed by atoms with Crippen molar-refractivity contribution in [3.8, 4) is 0 Å². The van der Waals surface area contributed by atoms with Gasteiger partial charge in [-0.25, -0.2) is 0 Å². The van der Waals surface area contributed by atoms with Gasteiger partial charge in [-0.15, -0.1) is 0 Å². The zero-order valence-electron chi connectivity index (χ0n) is 8.77. The highest BCUT2D eigenvalue weighted by molar-refractivity contribution is 5.75. The van der Waals surface area contributed by atoms with Gasteiger partial charge in [-0.1, -0.05) is 13.8 Å². The molecule has 88 valence electrons. The Morgan fingerprint density at radius 3 is 2.20 bits per heavy atom. The summed E-state index contributed by atoms with van der Waals surface area (Å²) in [4.78, 5) is 10.9. The van der Waals surface area contributed by atoms with E-state index in [4.69, 9.17) is 5.11 Å². The molecule has 0 aromatic carbocycles. The molecule has 0 aromatic heterocycles. The lowest BCUT2D eigenvalue weighted by molar-refractivity contribution is -0.245. The molecule has 1 aliphatic rings. The monoisotopic (exact) mass is 224 g/mol. The van der Waals surface area contributed by atoms with Crippen molar-refractivity contribution in [3.05, 3.63) is 0 Å². The average molecular weight is 224 g/mol. The molecule has 3 unspecified atom stereocenters. The van der Waals surface area contributed by atoms with Gasteiger partial charge in [-0.05, 0) is 31.1 Å². The standard InChI is InChI=1S/C10H15F3O2/c1-6-3-4-9(8(14)15,5-7(6)2)10(11,12)13/h6-7H,3-5H2,1-2H3,(H,14,15). The van der Waals surface area contributed by atoms with Crippen LogP contribution >= 0.6 is 0 Å². The fraction of sp³-hybridized carbons (Fsp3) is 0.900. The van der Waals surface area contributed by atoms with E-state index < -0.39 is 17.6 Å². The fourth-order valence-electron chi connectivity index (χ4n) is 2.18. The number of halogens is 3. The largest absolute Gasteiger partial charge is 0.481 e. The number of carboxylic acid groups (broad SMARTS) is 1. The van der Waals surface area contributed by atoms with Gasteiger partial charge in [0.1, 0.15) is 0 Å². The van der Waals surface area contributed by atoms with Gasteiger partial charge in [0.05, 0.1) is 0 Å². The van der Waals surface area contributed by atoms with Crippen LogP contribution in [0.25, 0.3) is 0 Å². The molecule has 3 atom stereocenters. The Labute approximate surface area is 86.5 Å². The summed E-state index contributed by atoms with van der Waals surface area (Å²) in [5.41, 5.74) is -2.51. The third-order valence-corrected chi connectivity index (χ3v) is 3.62. The minimum atomic E-state index is -4.65. The van der Waals surface area contributed by atoms with Crippen LogP contribution in [0.4, 0.5) is 13.2 Å². The number of rotatable bonds is 1. The molecule has 0 radical (unpaired) electrons. The Morgan fingerprint density at radius 2 is 1.87 bits per heavy atom. The molecule has 1 fully saturated rings. The van der Waals surface area contributed by atoms with Gasteiger partial charge in [-0.2, -0.15) is 13.2 Å². The van der Waals surface area contributed by atoms with Crippen molar-refractivity contribution >= 4 is 5.97 Å². The normalized spacial score (nSPS) is 37.7. The molecule has 0 spiro atoms. The van der Waals surface area contributed by atoms with E-state index in [1.54, 1.807) is 6.92 Å². The summed E-state index contributed by atoms with van der Waals surface area (Å²) >= 11 is 0. The van der Waals surface area contributed by atoms with Crippen molar-refractivity contribution in [1.82, 2.24) is 0 Å². The molecule has 0 aliphatic heterocycles. The van der Waals surface area contributed by atoms with E-state index in [0.717, 1.165) is 0 Å². The summed E-state index contributed by atoms with van der Waals surface area (Å²) in [7, 11) is 0. The molecule has 1 rings (SSSR count). The van der Waals surface area contributed by atoms with Crippen LogP contribution in [0.2, 0.25) is 0 Å². The molecule has 0 bridgehead atoms. The third kappa shape index (κ3) is 1.96. The maximum atomic E-state index is 12.8. The van der Waals surface area contributed by atoms with E-state index in [9.17, 15) is 18.0 Å². The fourth-order valence-corrected chi connectivity index (χ4v) is 2.18. The van der Waals surface area contributed by atoms with E-state index in [1.807, 2.05) is 6.92 Å². The highest BCUT2D eigenvalue weighted by atomic mass is 19.4. The summed E-state index contributed by atoms with van der Waals surface area (Å²) in [6.45, 7) is 3.56. The number of hydrogen-bond acceptors (Lipinski definition) is 1. The van der Waals surface area contributed by atoms with E-state index in [0.29, 0.717) is 6.42 Å². The summed E-state index contributed by atoms with van der Waals surface area (Å²) in [6, 6.07) is 0. The molecule has 0 saturated heterocycles. The van der Waals surface area contributed by atoms with Crippen molar-refractivity contribution in [1.29, 1.82) is 0 Å². The van der Waals surface area contributed by atoms with E-state index in [2.05, 4.69) is 0 Å². The lowest BCUT2D eigenvalue weighted by Gasteiger charge is -2.40. The molecule has 1 saturated carbocycles. The van der Waals surface area contributed by atoms with Crippen LogP contribution in [-0.2, 0) is 4.79 Å². The lowest BCUT2D eigenvalue weighted by Crippen LogP contribution is -2.49. The van der Waals surface area contributed by atoms with Crippen LogP contribution in [0.15, 0.2) is 0 Å². The van der Waals surface area contributed by atoms with Crippen LogP contribution in [-0.4, -0.2) is 17.3 Å². The second-order valence-electron chi connectivity index (χ2n) is 4.58. The minimum absolute atomic E-state index is 0.167. The van der Waals surface area contributed by atoms with Crippen LogP contribution in [0.5, 0.6) is 0 Å². The first-order valence-corrected chi connectivity index (χ1v) is 5.01. The number of carboxylic acids is 1. The summed E-state index contributed by atoms with van der Waals surface area (Å²) in [6.07, 6.45) is -4.91. The molecule has 2 nitrogen and oxygen atoms in total. The van der Waals surface area contributed by atoms with Crippen molar-refractivity contribution in [2.24, 2.45) is 17.3 Å². The van der Waals surface area contributed by atoms with Gasteiger partial charge in [0.15, 0.2) is 5.41 Å². The minimum Gasteiger partial charge on any atom is -0.481 e. The molecular formula is C10H15F3O2. The SMILES string of the molecule is CC1CCC(C(=O)O)(C(F)(F)F)CC1C. The molecule has 1 N–H and O–H groups in total. The second-order valence-corrected chi connectivity index (χ2v) is 4.58. The molecule has 0 amide bonds. The average Bonchev–Trinajstić information content (AvgIpc) is 2.07. The van der Waals surface area contributed by atoms with Gasteiger partial charge >= 0.3 is 12.1 Å². The number of hydrogen-bond donors (Lipinski definition) is 1. The van der Waals surface area contributed by atoms with Crippen LogP contribution < -0.4 is 0 Å². The molecule has 0 aromatic rings. The van der Waals surface area contributed by atoms with Gasteiger partial charge < -0.3 is 5.11 Å². The maximum Gasteiger partial charge on any atom is 0.404 e. The van der Waals surface area contributed by atoms with Gasteiger partial charge in [-0.3, -0.25) is 4.79 Å². The molecule has 15 heavy (non-hydrogen) atoms. The first kappa shape index (κ1) is 12.3. The number of aliphatic carboxylic acids is 1. The van der Waals surface area contributed by atoms with Crippen LogP contribution in [0.3, 0.4) is 0 Å². The van der Waals surface area contributed by atoms with E-state index in [-0.39, 0.29) is 24.7 Å². The topological polar surface area (TPSA) is 37.3 Å².